The van der Waals surface area contributed by atoms with Crippen molar-refractivity contribution in [2.45, 2.75) is 64.5 Å². The highest BCUT2D eigenvalue weighted by atomic mass is 35.5. The van der Waals surface area contributed by atoms with E-state index in [2.05, 4.69) is 24.4 Å². The lowest BCUT2D eigenvalue weighted by Crippen LogP contribution is -2.31. The van der Waals surface area contributed by atoms with Crippen molar-refractivity contribution in [1.82, 2.24) is 15.2 Å². The second-order valence-corrected chi connectivity index (χ2v) is 6.27. The summed E-state index contributed by atoms with van der Waals surface area (Å²) in [5, 5.41) is 5.06. The van der Waals surface area contributed by atoms with Gasteiger partial charge in [-0.25, -0.2) is 0 Å². The van der Waals surface area contributed by atoms with E-state index < -0.39 is 0 Å². The van der Waals surface area contributed by atoms with Gasteiger partial charge in [0.1, 0.15) is 0 Å². The van der Waals surface area contributed by atoms with Crippen LogP contribution < -0.4 is 11.3 Å². The molecule has 0 spiro atoms. The summed E-state index contributed by atoms with van der Waals surface area (Å²) in [4.78, 5) is 0. The molecule has 1 fully saturated rings. The molecule has 1 saturated carbocycles. The van der Waals surface area contributed by atoms with Crippen LogP contribution in [0.3, 0.4) is 0 Å². The van der Waals surface area contributed by atoms with Crippen LogP contribution in [0.25, 0.3) is 0 Å². The smallest absolute Gasteiger partial charge is 0.0834 e. The third-order valence-electron chi connectivity index (χ3n) is 4.15. The molecule has 1 heterocycles. The van der Waals surface area contributed by atoms with Crippen molar-refractivity contribution in [2.24, 2.45) is 11.8 Å². The fourth-order valence-electron chi connectivity index (χ4n) is 3.09. The number of aromatic nitrogens is 2. The van der Waals surface area contributed by atoms with Gasteiger partial charge in [0.05, 0.1) is 23.0 Å². The quantitative estimate of drug-likeness (QED) is 0.620. The molecule has 2 rings (SSSR count). The van der Waals surface area contributed by atoms with E-state index in [1.165, 1.54) is 32.1 Å². The number of nitrogens with one attached hydrogen (secondary N) is 1. The van der Waals surface area contributed by atoms with E-state index in [0.29, 0.717) is 11.1 Å². The lowest BCUT2D eigenvalue weighted by Gasteiger charge is -2.21. The van der Waals surface area contributed by atoms with Crippen molar-refractivity contribution >= 4 is 11.6 Å². The fourth-order valence-corrected chi connectivity index (χ4v) is 3.35. The van der Waals surface area contributed by atoms with Crippen LogP contribution in [0.5, 0.6) is 0 Å². The first-order valence-electron chi connectivity index (χ1n) is 7.32. The number of hydrazine groups is 1. The SMILES string of the molecule is CC(C)n1ncc(Cl)c1C(CCC1CCCC1)NN. The lowest BCUT2D eigenvalue weighted by atomic mass is 9.97. The van der Waals surface area contributed by atoms with E-state index in [4.69, 9.17) is 17.4 Å². The summed E-state index contributed by atoms with van der Waals surface area (Å²) in [7, 11) is 0. The molecule has 0 amide bonds. The van der Waals surface area contributed by atoms with Gasteiger partial charge in [-0.2, -0.15) is 5.10 Å². The van der Waals surface area contributed by atoms with Crippen LogP contribution >= 0.6 is 11.6 Å². The van der Waals surface area contributed by atoms with Crippen molar-refractivity contribution < 1.29 is 0 Å². The number of rotatable bonds is 6. The van der Waals surface area contributed by atoms with Crippen molar-refractivity contribution in [3.8, 4) is 0 Å². The Morgan fingerprint density at radius 1 is 1.47 bits per heavy atom. The summed E-state index contributed by atoms with van der Waals surface area (Å²) >= 11 is 6.28. The molecule has 1 unspecified atom stereocenters. The average molecular weight is 285 g/mol. The molecule has 0 aliphatic heterocycles. The second kappa shape index (κ2) is 6.73. The van der Waals surface area contributed by atoms with Crippen molar-refractivity contribution in [3.63, 3.8) is 0 Å². The molecule has 0 bridgehead atoms. The van der Waals surface area contributed by atoms with Crippen molar-refractivity contribution in [3.05, 3.63) is 16.9 Å². The van der Waals surface area contributed by atoms with Crippen LogP contribution in [0.15, 0.2) is 6.20 Å². The summed E-state index contributed by atoms with van der Waals surface area (Å²) < 4.78 is 1.97. The van der Waals surface area contributed by atoms with Gasteiger partial charge >= 0.3 is 0 Å². The lowest BCUT2D eigenvalue weighted by molar-refractivity contribution is 0.386. The first-order chi connectivity index (χ1) is 9.13. The molecule has 1 aliphatic carbocycles. The Balaban J connectivity index is 2.05. The zero-order chi connectivity index (χ0) is 13.8. The Kier molecular flexibility index (Phi) is 5.25. The molecular formula is C14H25ClN4. The van der Waals surface area contributed by atoms with E-state index in [-0.39, 0.29) is 6.04 Å². The van der Waals surface area contributed by atoms with Crippen LogP contribution in [0, 0.1) is 5.92 Å². The monoisotopic (exact) mass is 284 g/mol. The van der Waals surface area contributed by atoms with E-state index in [9.17, 15) is 0 Å². The molecule has 5 heteroatoms. The minimum Gasteiger partial charge on any atom is -0.271 e. The molecule has 108 valence electrons. The van der Waals surface area contributed by atoms with Gasteiger partial charge in [0.15, 0.2) is 0 Å². The number of nitrogens with two attached hydrogens (primary N) is 1. The first-order valence-corrected chi connectivity index (χ1v) is 7.70. The largest absolute Gasteiger partial charge is 0.271 e. The summed E-state index contributed by atoms with van der Waals surface area (Å²) in [6, 6.07) is 0.392. The highest BCUT2D eigenvalue weighted by Gasteiger charge is 2.23. The van der Waals surface area contributed by atoms with E-state index in [1.54, 1.807) is 6.20 Å². The maximum absolute atomic E-state index is 6.28. The zero-order valence-electron chi connectivity index (χ0n) is 11.9. The molecule has 1 aromatic rings. The third-order valence-corrected chi connectivity index (χ3v) is 4.44. The minimum absolute atomic E-state index is 0.0954. The Bertz CT molecular complexity index is 396. The maximum Gasteiger partial charge on any atom is 0.0834 e. The summed E-state index contributed by atoms with van der Waals surface area (Å²) in [5.41, 5.74) is 3.94. The fraction of sp³-hybridized carbons (Fsp3) is 0.786. The number of hydrogen-bond donors (Lipinski definition) is 2. The van der Waals surface area contributed by atoms with Crippen LogP contribution in [0.4, 0.5) is 0 Å². The summed E-state index contributed by atoms with van der Waals surface area (Å²) in [6.45, 7) is 4.22. The third kappa shape index (κ3) is 3.50. The average Bonchev–Trinajstić information content (AvgIpc) is 3.00. The standard InChI is InChI=1S/C14H25ClN4/c1-10(2)19-14(12(15)9-17-19)13(18-16)8-7-11-5-3-4-6-11/h9-11,13,18H,3-8,16H2,1-2H3. The number of halogens is 1. The summed E-state index contributed by atoms with van der Waals surface area (Å²) in [6.07, 6.45) is 9.47. The van der Waals surface area contributed by atoms with Crippen LogP contribution in [0.2, 0.25) is 5.02 Å². The predicted octanol–water partition coefficient (Wildman–Crippen LogP) is 3.59. The van der Waals surface area contributed by atoms with Crippen molar-refractivity contribution in [1.29, 1.82) is 0 Å². The van der Waals surface area contributed by atoms with Crippen LogP contribution in [-0.4, -0.2) is 9.78 Å². The number of hydrogen-bond acceptors (Lipinski definition) is 3. The summed E-state index contributed by atoms with van der Waals surface area (Å²) in [5.74, 6) is 6.60. The topological polar surface area (TPSA) is 55.9 Å². The molecule has 19 heavy (non-hydrogen) atoms. The van der Waals surface area contributed by atoms with E-state index in [1.807, 2.05) is 4.68 Å². The van der Waals surface area contributed by atoms with Gasteiger partial charge < -0.3 is 0 Å². The van der Waals surface area contributed by atoms with E-state index in [0.717, 1.165) is 18.0 Å². The van der Waals surface area contributed by atoms with Gasteiger partial charge in [-0.3, -0.25) is 16.0 Å². The van der Waals surface area contributed by atoms with Gasteiger partial charge in [0.2, 0.25) is 0 Å². The van der Waals surface area contributed by atoms with Gasteiger partial charge in [-0.15, -0.1) is 0 Å². The second-order valence-electron chi connectivity index (χ2n) is 5.86. The molecule has 1 aromatic heterocycles. The molecule has 0 aromatic carbocycles. The van der Waals surface area contributed by atoms with Gasteiger partial charge in [0, 0.05) is 6.04 Å². The van der Waals surface area contributed by atoms with Gasteiger partial charge in [-0.05, 0) is 32.6 Å². The Labute approximate surface area is 120 Å². The zero-order valence-corrected chi connectivity index (χ0v) is 12.7. The highest BCUT2D eigenvalue weighted by Crippen LogP contribution is 2.33. The Hall–Kier alpha value is -0.580. The van der Waals surface area contributed by atoms with Gasteiger partial charge in [0.25, 0.3) is 0 Å². The molecule has 3 N–H and O–H groups in total. The molecule has 1 aliphatic rings. The Morgan fingerprint density at radius 2 is 2.16 bits per heavy atom. The van der Waals surface area contributed by atoms with Crippen LogP contribution in [-0.2, 0) is 0 Å². The first kappa shape index (κ1) is 14.8. The van der Waals surface area contributed by atoms with Crippen molar-refractivity contribution in [2.75, 3.05) is 0 Å². The highest BCUT2D eigenvalue weighted by molar-refractivity contribution is 6.31. The molecule has 1 atom stereocenters. The molecule has 0 radical (unpaired) electrons. The van der Waals surface area contributed by atoms with E-state index >= 15 is 0 Å². The van der Waals surface area contributed by atoms with Crippen LogP contribution in [0.1, 0.15) is 70.2 Å². The predicted molar refractivity (Wildman–Crippen MR) is 78.9 cm³/mol. The number of nitrogens with zero attached hydrogens (tertiary/aromatic N) is 2. The maximum atomic E-state index is 6.28. The molecule has 0 saturated heterocycles. The van der Waals surface area contributed by atoms with Gasteiger partial charge in [-0.1, -0.05) is 37.3 Å². The molecular weight excluding hydrogens is 260 g/mol. The molecule has 4 nitrogen and oxygen atoms in total. The Morgan fingerprint density at radius 3 is 2.74 bits per heavy atom. The normalized spacial score (nSPS) is 18.4. The minimum atomic E-state index is 0.0954.